The lowest BCUT2D eigenvalue weighted by Crippen LogP contribution is -2.24. The topological polar surface area (TPSA) is 64.7 Å². The molecule has 0 aliphatic carbocycles. The molecule has 0 fully saturated rings. The molecule has 17 heavy (non-hydrogen) atoms. The van der Waals surface area contributed by atoms with Crippen LogP contribution in [-0.2, 0) is 18.9 Å². The quantitative estimate of drug-likeness (QED) is 0.782. The van der Waals surface area contributed by atoms with E-state index in [1.165, 1.54) is 0 Å². The number of amides is 1. The summed E-state index contributed by atoms with van der Waals surface area (Å²) in [5.74, 6) is 0.867. The van der Waals surface area contributed by atoms with Gasteiger partial charge in [0, 0.05) is 38.2 Å². The van der Waals surface area contributed by atoms with Crippen LogP contribution < -0.4 is 5.32 Å². The van der Waals surface area contributed by atoms with Crippen LogP contribution >= 0.6 is 0 Å². The zero-order valence-corrected chi connectivity index (χ0v) is 9.71. The van der Waals surface area contributed by atoms with E-state index < -0.39 is 0 Å². The summed E-state index contributed by atoms with van der Waals surface area (Å²) in [4.78, 5) is 11.7. The smallest absolute Gasteiger partial charge is 0.226 e. The molecule has 1 aliphatic heterocycles. The van der Waals surface area contributed by atoms with Gasteiger partial charge in [0.05, 0.1) is 12.4 Å². The average molecular weight is 231 g/mol. The van der Waals surface area contributed by atoms with Crippen molar-refractivity contribution in [1.82, 2.24) is 19.6 Å². The van der Waals surface area contributed by atoms with Gasteiger partial charge >= 0.3 is 0 Å². The van der Waals surface area contributed by atoms with Gasteiger partial charge < -0.3 is 5.32 Å². The molecule has 0 saturated heterocycles. The molecular weight excluding hydrogens is 218 g/mol. The number of aromatic nitrogens is 4. The van der Waals surface area contributed by atoms with Gasteiger partial charge in [0.1, 0.15) is 5.82 Å². The summed E-state index contributed by atoms with van der Waals surface area (Å²) in [5.41, 5.74) is 2.11. The largest absolute Gasteiger partial charge is 0.311 e. The lowest BCUT2D eigenvalue weighted by molar-refractivity contribution is -0.116. The Kier molecular flexibility index (Phi) is 2.04. The minimum absolute atomic E-state index is 0.0231. The van der Waals surface area contributed by atoms with Gasteiger partial charge in [-0.05, 0) is 5.56 Å². The fourth-order valence-electron chi connectivity index (χ4n) is 2.26. The SMILES string of the molecule is Cn1cc([C@H]2CC(=O)Nc3c2cnn3C)cn1. The molecule has 1 N–H and O–H groups in total. The average Bonchev–Trinajstić information content (AvgIpc) is 2.86. The maximum Gasteiger partial charge on any atom is 0.226 e. The Morgan fingerprint density at radius 2 is 2.18 bits per heavy atom. The third-order valence-electron chi connectivity index (χ3n) is 3.12. The van der Waals surface area contributed by atoms with Gasteiger partial charge in [0.2, 0.25) is 5.91 Å². The number of aryl methyl sites for hydroxylation is 2. The molecule has 0 bridgehead atoms. The van der Waals surface area contributed by atoms with E-state index in [0.717, 1.165) is 16.9 Å². The molecule has 0 spiro atoms. The van der Waals surface area contributed by atoms with Gasteiger partial charge in [-0.2, -0.15) is 10.2 Å². The van der Waals surface area contributed by atoms with Crippen molar-refractivity contribution < 1.29 is 4.79 Å². The van der Waals surface area contributed by atoms with Crippen molar-refractivity contribution in [2.75, 3.05) is 5.32 Å². The number of anilines is 1. The molecule has 1 atom stereocenters. The van der Waals surface area contributed by atoms with Crippen LogP contribution in [0.1, 0.15) is 23.5 Å². The van der Waals surface area contributed by atoms with E-state index in [4.69, 9.17) is 0 Å². The molecule has 1 amide bonds. The molecule has 0 aromatic carbocycles. The number of hydrogen-bond donors (Lipinski definition) is 1. The van der Waals surface area contributed by atoms with Crippen molar-refractivity contribution in [2.45, 2.75) is 12.3 Å². The lowest BCUT2D eigenvalue weighted by atomic mass is 9.89. The second-order valence-electron chi connectivity index (χ2n) is 4.32. The molecule has 3 heterocycles. The highest BCUT2D eigenvalue weighted by Crippen LogP contribution is 2.36. The van der Waals surface area contributed by atoms with Gasteiger partial charge in [-0.3, -0.25) is 14.2 Å². The fourth-order valence-corrected chi connectivity index (χ4v) is 2.26. The van der Waals surface area contributed by atoms with E-state index in [1.54, 1.807) is 15.6 Å². The Morgan fingerprint density at radius 1 is 1.35 bits per heavy atom. The number of nitrogens with zero attached hydrogens (tertiary/aromatic N) is 4. The summed E-state index contributed by atoms with van der Waals surface area (Å²) in [5, 5.41) is 11.2. The first-order valence-electron chi connectivity index (χ1n) is 5.45. The highest BCUT2D eigenvalue weighted by molar-refractivity contribution is 5.94. The number of nitrogens with one attached hydrogen (secondary N) is 1. The van der Waals surface area contributed by atoms with E-state index in [2.05, 4.69) is 15.5 Å². The summed E-state index contributed by atoms with van der Waals surface area (Å²) in [6, 6.07) is 0. The zero-order chi connectivity index (χ0) is 12.0. The van der Waals surface area contributed by atoms with Gasteiger partial charge in [-0.25, -0.2) is 0 Å². The number of carbonyl (C=O) groups excluding carboxylic acids is 1. The lowest BCUT2D eigenvalue weighted by Gasteiger charge is -2.21. The Balaban J connectivity index is 2.09. The van der Waals surface area contributed by atoms with Crippen molar-refractivity contribution in [2.24, 2.45) is 14.1 Å². The highest BCUT2D eigenvalue weighted by atomic mass is 16.1. The summed E-state index contributed by atoms with van der Waals surface area (Å²) >= 11 is 0. The van der Waals surface area contributed by atoms with E-state index in [-0.39, 0.29) is 11.8 Å². The minimum atomic E-state index is 0.0231. The van der Waals surface area contributed by atoms with Crippen LogP contribution in [0.5, 0.6) is 0 Å². The van der Waals surface area contributed by atoms with Crippen LogP contribution in [0.25, 0.3) is 0 Å². The van der Waals surface area contributed by atoms with Crippen molar-refractivity contribution in [3.63, 3.8) is 0 Å². The second kappa shape index (κ2) is 3.44. The van der Waals surface area contributed by atoms with E-state index in [9.17, 15) is 4.79 Å². The summed E-state index contributed by atoms with van der Waals surface area (Å²) in [7, 11) is 3.70. The molecule has 2 aromatic heterocycles. The van der Waals surface area contributed by atoms with Crippen molar-refractivity contribution in [3.05, 3.63) is 29.7 Å². The van der Waals surface area contributed by atoms with Gasteiger partial charge in [0.15, 0.2) is 0 Å². The van der Waals surface area contributed by atoms with Gasteiger partial charge in [-0.15, -0.1) is 0 Å². The van der Waals surface area contributed by atoms with Crippen LogP contribution in [0.15, 0.2) is 18.6 Å². The van der Waals surface area contributed by atoms with Crippen molar-refractivity contribution in [1.29, 1.82) is 0 Å². The minimum Gasteiger partial charge on any atom is -0.311 e. The highest BCUT2D eigenvalue weighted by Gasteiger charge is 2.29. The maximum atomic E-state index is 11.7. The number of carbonyl (C=O) groups is 1. The maximum absolute atomic E-state index is 11.7. The van der Waals surface area contributed by atoms with Crippen LogP contribution in [-0.4, -0.2) is 25.5 Å². The van der Waals surface area contributed by atoms with Crippen LogP contribution in [0.2, 0.25) is 0 Å². The summed E-state index contributed by atoms with van der Waals surface area (Å²) in [6.07, 6.45) is 6.01. The van der Waals surface area contributed by atoms with Gasteiger partial charge in [0.25, 0.3) is 0 Å². The predicted molar refractivity (Wildman–Crippen MR) is 61.5 cm³/mol. The molecular formula is C11H13N5O. The molecule has 6 nitrogen and oxygen atoms in total. The van der Waals surface area contributed by atoms with Crippen LogP contribution in [0, 0.1) is 0 Å². The van der Waals surface area contributed by atoms with E-state index in [1.807, 2.05) is 26.5 Å². The number of rotatable bonds is 1. The third kappa shape index (κ3) is 1.52. The zero-order valence-electron chi connectivity index (χ0n) is 9.71. The predicted octanol–water partition coefficient (Wildman–Crippen LogP) is 0.628. The Bertz CT molecular complexity index is 582. The van der Waals surface area contributed by atoms with Crippen LogP contribution in [0.3, 0.4) is 0 Å². The second-order valence-corrected chi connectivity index (χ2v) is 4.32. The van der Waals surface area contributed by atoms with Crippen molar-refractivity contribution >= 4 is 11.7 Å². The first kappa shape index (κ1) is 10.1. The molecule has 0 radical (unpaired) electrons. The Labute approximate surface area is 98.2 Å². The molecule has 0 unspecified atom stereocenters. The first-order valence-corrected chi connectivity index (χ1v) is 5.45. The Morgan fingerprint density at radius 3 is 2.88 bits per heavy atom. The van der Waals surface area contributed by atoms with Crippen molar-refractivity contribution in [3.8, 4) is 0 Å². The van der Waals surface area contributed by atoms with E-state index in [0.29, 0.717) is 6.42 Å². The van der Waals surface area contributed by atoms with Crippen LogP contribution in [0.4, 0.5) is 5.82 Å². The molecule has 2 aromatic rings. The Hall–Kier alpha value is -2.11. The first-order chi connectivity index (χ1) is 8.15. The molecule has 1 aliphatic rings. The van der Waals surface area contributed by atoms with E-state index >= 15 is 0 Å². The number of hydrogen-bond acceptors (Lipinski definition) is 3. The standard InChI is InChI=1S/C11H13N5O/c1-15-6-7(4-12-15)8-3-10(17)14-11-9(8)5-13-16(11)2/h4-6,8H,3H2,1-2H3,(H,14,17)/t8-/m1/s1. The summed E-state index contributed by atoms with van der Waals surface area (Å²) in [6.45, 7) is 0. The van der Waals surface area contributed by atoms with Gasteiger partial charge in [-0.1, -0.05) is 0 Å². The molecule has 6 heteroatoms. The third-order valence-corrected chi connectivity index (χ3v) is 3.12. The number of fused-ring (bicyclic) bond motifs is 1. The molecule has 0 saturated carbocycles. The normalized spacial score (nSPS) is 18.9. The monoisotopic (exact) mass is 231 g/mol. The summed E-state index contributed by atoms with van der Waals surface area (Å²) < 4.78 is 3.44. The molecule has 3 rings (SSSR count). The molecule has 88 valence electrons. The fraction of sp³-hybridized carbons (Fsp3) is 0.364.